The van der Waals surface area contributed by atoms with E-state index in [2.05, 4.69) is 20.4 Å². The second kappa shape index (κ2) is 8.93. The van der Waals surface area contributed by atoms with Crippen LogP contribution in [0.1, 0.15) is 24.3 Å². The molecule has 8 heteroatoms. The Morgan fingerprint density at radius 3 is 2.67 bits per heavy atom. The van der Waals surface area contributed by atoms with Crippen LogP contribution in [0.4, 0.5) is 10.1 Å². The number of halogens is 2. The molecule has 1 amide bonds. The first-order valence-electron chi connectivity index (χ1n) is 9.86. The minimum atomic E-state index is -0.306. The van der Waals surface area contributed by atoms with Crippen LogP contribution in [0.5, 0.6) is 0 Å². The van der Waals surface area contributed by atoms with Gasteiger partial charge in [0.05, 0.1) is 6.54 Å². The summed E-state index contributed by atoms with van der Waals surface area (Å²) in [6.45, 7) is 3.98. The maximum atomic E-state index is 13.1. The molecule has 0 spiro atoms. The third-order valence-corrected chi connectivity index (χ3v) is 5.73. The molecule has 1 aliphatic rings. The number of hydrogen-bond acceptors (Lipinski definition) is 5. The summed E-state index contributed by atoms with van der Waals surface area (Å²) in [6, 6.07) is 11.5. The first-order valence-corrected chi connectivity index (χ1v) is 10.2. The number of likely N-dealkylation sites (tertiary alicyclic amines) is 1. The summed E-state index contributed by atoms with van der Waals surface area (Å²) in [6.07, 6.45) is 1.51. The fraction of sp³-hybridized carbons (Fsp3) is 0.318. The van der Waals surface area contributed by atoms with Crippen molar-refractivity contribution in [3.05, 3.63) is 64.8 Å². The molecule has 0 radical (unpaired) electrons. The van der Waals surface area contributed by atoms with Crippen LogP contribution >= 0.6 is 11.6 Å². The predicted octanol–water partition coefficient (Wildman–Crippen LogP) is 4.69. The van der Waals surface area contributed by atoms with Crippen molar-refractivity contribution in [3.63, 3.8) is 0 Å². The Hall–Kier alpha value is -2.77. The van der Waals surface area contributed by atoms with Crippen LogP contribution in [0.15, 0.2) is 47.0 Å². The second-order valence-corrected chi connectivity index (χ2v) is 7.93. The molecule has 2 heterocycles. The third kappa shape index (κ3) is 4.86. The molecule has 4 rings (SSSR count). The van der Waals surface area contributed by atoms with E-state index >= 15 is 0 Å². The molecule has 0 saturated carbocycles. The molecular formula is C22H22ClFN4O2. The van der Waals surface area contributed by atoms with Gasteiger partial charge in [-0.15, -0.1) is 0 Å². The molecule has 0 atom stereocenters. The largest absolute Gasteiger partial charge is 0.338 e. The number of nitrogens with zero attached hydrogens (tertiary/aromatic N) is 3. The lowest BCUT2D eigenvalue weighted by Crippen LogP contribution is -2.37. The number of aryl methyl sites for hydroxylation is 1. The van der Waals surface area contributed by atoms with E-state index in [0.29, 0.717) is 28.8 Å². The number of hydrogen-bond donors (Lipinski definition) is 1. The van der Waals surface area contributed by atoms with E-state index in [1.165, 1.54) is 12.1 Å². The molecule has 2 aromatic carbocycles. The first kappa shape index (κ1) is 20.5. The molecule has 30 heavy (non-hydrogen) atoms. The van der Waals surface area contributed by atoms with E-state index < -0.39 is 0 Å². The Morgan fingerprint density at radius 2 is 1.97 bits per heavy atom. The zero-order valence-electron chi connectivity index (χ0n) is 16.6. The number of nitrogens with one attached hydrogen (secondary N) is 1. The Kier molecular flexibility index (Phi) is 6.11. The highest BCUT2D eigenvalue weighted by Gasteiger charge is 2.26. The zero-order valence-corrected chi connectivity index (χ0v) is 17.3. The number of carbonyl (C=O) groups excluding carboxylic acids is 1. The van der Waals surface area contributed by atoms with Crippen LogP contribution in [0, 0.1) is 18.7 Å². The molecular weight excluding hydrogens is 407 g/mol. The number of carbonyl (C=O) groups is 1. The molecule has 0 bridgehead atoms. The normalized spacial score (nSPS) is 15.3. The highest BCUT2D eigenvalue weighted by Crippen LogP contribution is 2.24. The molecule has 1 saturated heterocycles. The third-order valence-electron chi connectivity index (χ3n) is 5.33. The molecule has 156 valence electrons. The van der Waals surface area contributed by atoms with Gasteiger partial charge in [0.25, 0.3) is 0 Å². The van der Waals surface area contributed by atoms with Crippen molar-refractivity contribution in [3.8, 4) is 11.4 Å². The summed E-state index contributed by atoms with van der Waals surface area (Å²) in [5.41, 5.74) is 2.40. The van der Waals surface area contributed by atoms with Crippen molar-refractivity contribution in [1.82, 2.24) is 15.0 Å². The number of anilines is 1. The number of rotatable bonds is 5. The lowest BCUT2D eigenvalue weighted by molar-refractivity contribution is -0.121. The molecule has 1 aromatic heterocycles. The smallest absolute Gasteiger partial charge is 0.241 e. The van der Waals surface area contributed by atoms with Crippen LogP contribution in [-0.2, 0) is 11.3 Å². The molecule has 1 aliphatic heterocycles. The quantitative estimate of drug-likeness (QED) is 0.638. The number of aromatic nitrogens is 2. The number of benzene rings is 2. The van der Waals surface area contributed by atoms with Crippen LogP contribution < -0.4 is 5.32 Å². The van der Waals surface area contributed by atoms with Gasteiger partial charge in [0, 0.05) is 22.2 Å². The van der Waals surface area contributed by atoms with E-state index in [1.807, 2.05) is 19.1 Å². The van der Waals surface area contributed by atoms with Crippen molar-refractivity contribution >= 4 is 23.2 Å². The number of amides is 1. The summed E-state index contributed by atoms with van der Waals surface area (Å²) in [7, 11) is 0. The standard InChI is InChI=1S/C22H22ClFN4O2/c1-14-2-7-18(12-19(14)23)25-22(29)16-8-10-28(11-9-16)13-20-26-21(27-30-20)15-3-5-17(24)6-4-15/h2-7,12,16H,8-11,13H2,1H3,(H,25,29). The summed E-state index contributed by atoms with van der Waals surface area (Å²) in [5, 5.41) is 7.58. The van der Waals surface area contributed by atoms with Crippen molar-refractivity contribution in [2.24, 2.45) is 5.92 Å². The highest BCUT2D eigenvalue weighted by atomic mass is 35.5. The van der Waals surface area contributed by atoms with Crippen molar-refractivity contribution in [2.75, 3.05) is 18.4 Å². The number of piperidine rings is 1. The van der Waals surface area contributed by atoms with E-state index in [9.17, 15) is 9.18 Å². The van der Waals surface area contributed by atoms with Crippen LogP contribution in [0.25, 0.3) is 11.4 Å². The summed E-state index contributed by atoms with van der Waals surface area (Å²) in [4.78, 5) is 19.2. The lowest BCUT2D eigenvalue weighted by Gasteiger charge is -2.30. The van der Waals surface area contributed by atoms with Gasteiger partial charge in [-0.2, -0.15) is 4.98 Å². The summed E-state index contributed by atoms with van der Waals surface area (Å²) >= 11 is 6.13. The van der Waals surface area contributed by atoms with Crippen molar-refractivity contribution < 1.29 is 13.7 Å². The fourth-order valence-corrected chi connectivity index (χ4v) is 3.68. The monoisotopic (exact) mass is 428 g/mol. The Morgan fingerprint density at radius 1 is 1.23 bits per heavy atom. The molecule has 3 aromatic rings. The molecule has 0 aliphatic carbocycles. The minimum absolute atomic E-state index is 0.0194. The molecule has 1 fully saturated rings. The summed E-state index contributed by atoms with van der Waals surface area (Å²) < 4.78 is 18.4. The highest BCUT2D eigenvalue weighted by molar-refractivity contribution is 6.31. The van der Waals surface area contributed by atoms with Gasteiger partial charge in [0.2, 0.25) is 17.6 Å². The van der Waals surface area contributed by atoms with Crippen molar-refractivity contribution in [2.45, 2.75) is 26.3 Å². The average molecular weight is 429 g/mol. The van der Waals surface area contributed by atoms with E-state index in [4.69, 9.17) is 16.1 Å². The van der Waals surface area contributed by atoms with Gasteiger partial charge in [-0.25, -0.2) is 4.39 Å². The fourth-order valence-electron chi connectivity index (χ4n) is 3.49. The predicted molar refractivity (Wildman–Crippen MR) is 113 cm³/mol. The second-order valence-electron chi connectivity index (χ2n) is 7.52. The van der Waals surface area contributed by atoms with Crippen LogP contribution in [0.3, 0.4) is 0 Å². The van der Waals surface area contributed by atoms with E-state index in [0.717, 1.165) is 37.2 Å². The van der Waals surface area contributed by atoms with Gasteiger partial charge in [0.15, 0.2) is 0 Å². The summed E-state index contributed by atoms with van der Waals surface area (Å²) in [5.74, 6) is 0.618. The Labute approximate surface area is 179 Å². The van der Waals surface area contributed by atoms with Gasteiger partial charge in [0.1, 0.15) is 5.82 Å². The van der Waals surface area contributed by atoms with Gasteiger partial charge < -0.3 is 9.84 Å². The maximum absolute atomic E-state index is 13.1. The van der Waals surface area contributed by atoms with Gasteiger partial charge in [-0.05, 0) is 74.8 Å². The first-order chi connectivity index (χ1) is 14.5. The van der Waals surface area contributed by atoms with E-state index in [-0.39, 0.29) is 17.6 Å². The zero-order chi connectivity index (χ0) is 21.1. The van der Waals surface area contributed by atoms with Gasteiger partial charge in [-0.1, -0.05) is 22.8 Å². The Bertz CT molecular complexity index is 1030. The SMILES string of the molecule is Cc1ccc(NC(=O)C2CCN(Cc3nc(-c4ccc(F)cc4)no3)CC2)cc1Cl. The van der Waals surface area contributed by atoms with Crippen LogP contribution in [0.2, 0.25) is 5.02 Å². The molecule has 6 nitrogen and oxygen atoms in total. The molecule has 1 N–H and O–H groups in total. The lowest BCUT2D eigenvalue weighted by atomic mass is 9.96. The van der Waals surface area contributed by atoms with Crippen molar-refractivity contribution in [1.29, 1.82) is 0 Å². The topological polar surface area (TPSA) is 71.3 Å². The molecule has 0 unspecified atom stereocenters. The van der Waals surface area contributed by atoms with Gasteiger partial charge >= 0.3 is 0 Å². The minimum Gasteiger partial charge on any atom is -0.338 e. The van der Waals surface area contributed by atoms with E-state index in [1.54, 1.807) is 18.2 Å². The van der Waals surface area contributed by atoms with Gasteiger partial charge in [-0.3, -0.25) is 9.69 Å². The average Bonchev–Trinajstić information content (AvgIpc) is 3.20. The van der Waals surface area contributed by atoms with Crippen LogP contribution in [-0.4, -0.2) is 34.0 Å². The Balaban J connectivity index is 1.29. The maximum Gasteiger partial charge on any atom is 0.241 e.